The smallest absolute Gasteiger partial charge is 0.302 e. The lowest BCUT2D eigenvalue weighted by Crippen LogP contribution is -2.64. The number of aromatic hydroxyl groups is 4. The van der Waals surface area contributed by atoms with Crippen molar-refractivity contribution in [1.29, 1.82) is 0 Å². The fourth-order valence-electron chi connectivity index (χ4n) is 5.29. The van der Waals surface area contributed by atoms with Crippen LogP contribution in [0.15, 0.2) is 33.5 Å². The van der Waals surface area contributed by atoms with E-state index in [2.05, 4.69) is 0 Å². The Labute approximate surface area is 270 Å². The number of carbonyl (C=O) groups is 1. The van der Waals surface area contributed by atoms with Gasteiger partial charge < -0.3 is 78.8 Å². The van der Waals surface area contributed by atoms with Crippen molar-refractivity contribution in [3.63, 3.8) is 0 Å². The molecule has 0 saturated carbocycles. The van der Waals surface area contributed by atoms with Gasteiger partial charge in [0.05, 0.1) is 13.2 Å². The predicted molar refractivity (Wildman–Crippen MR) is 156 cm³/mol. The van der Waals surface area contributed by atoms with Crippen molar-refractivity contribution < 1.29 is 83.6 Å². The maximum atomic E-state index is 13.1. The highest BCUT2D eigenvalue weighted by atomic mass is 16.8. The summed E-state index contributed by atoms with van der Waals surface area (Å²) in [6, 6.07) is 4.44. The maximum absolute atomic E-state index is 13.1. The number of rotatable bonds is 8. The van der Waals surface area contributed by atoms with E-state index < -0.39 is 119 Å². The summed E-state index contributed by atoms with van der Waals surface area (Å²) in [6.45, 7) is 1.86. The number of aliphatic hydroxyl groups excluding tert-OH is 5. The van der Waals surface area contributed by atoms with Crippen molar-refractivity contribution >= 4 is 16.9 Å². The van der Waals surface area contributed by atoms with Crippen LogP contribution < -0.4 is 14.9 Å². The summed E-state index contributed by atoms with van der Waals surface area (Å²) in [5.41, 5.74) is -1.82. The molecule has 2 aliphatic rings. The summed E-state index contributed by atoms with van der Waals surface area (Å²) in [4.78, 5) is 24.6. The van der Waals surface area contributed by atoms with Crippen molar-refractivity contribution in [2.75, 3.05) is 13.7 Å². The molecule has 2 fully saturated rings. The first-order valence-corrected chi connectivity index (χ1v) is 14.4. The highest BCUT2D eigenvalue weighted by Gasteiger charge is 2.51. The van der Waals surface area contributed by atoms with Gasteiger partial charge in [0, 0.05) is 18.6 Å². The Morgan fingerprint density at radius 1 is 0.833 bits per heavy atom. The number of aliphatic hydroxyl groups is 5. The molecule has 2 aliphatic heterocycles. The van der Waals surface area contributed by atoms with E-state index in [1.807, 2.05) is 0 Å². The highest BCUT2D eigenvalue weighted by Crippen LogP contribution is 2.44. The molecular formula is C30H34O18. The van der Waals surface area contributed by atoms with E-state index >= 15 is 0 Å². The maximum Gasteiger partial charge on any atom is 0.302 e. The molecule has 18 heteroatoms. The molecule has 262 valence electrons. The van der Waals surface area contributed by atoms with Crippen LogP contribution in [-0.2, 0) is 23.7 Å². The first-order valence-electron chi connectivity index (χ1n) is 14.4. The molecule has 0 unspecified atom stereocenters. The van der Waals surface area contributed by atoms with Crippen molar-refractivity contribution in [3.8, 4) is 45.8 Å². The summed E-state index contributed by atoms with van der Waals surface area (Å²) in [7, 11) is 1.26. The molecule has 3 aromatic rings. The van der Waals surface area contributed by atoms with Crippen LogP contribution in [0.3, 0.4) is 0 Å². The minimum Gasteiger partial charge on any atom is -0.507 e. The minimum absolute atomic E-state index is 0.0217. The number of hydrogen-bond acceptors (Lipinski definition) is 18. The lowest BCUT2D eigenvalue weighted by molar-refractivity contribution is -0.354. The van der Waals surface area contributed by atoms with Gasteiger partial charge in [0.25, 0.3) is 0 Å². The number of fused-ring (bicyclic) bond motifs is 1. The molecule has 18 nitrogen and oxygen atoms in total. The van der Waals surface area contributed by atoms with Gasteiger partial charge in [0.15, 0.2) is 41.0 Å². The molecular weight excluding hydrogens is 648 g/mol. The van der Waals surface area contributed by atoms with Gasteiger partial charge in [0.1, 0.15) is 54.4 Å². The first-order chi connectivity index (χ1) is 22.6. The number of hydrogen-bond donors (Lipinski definition) is 9. The van der Waals surface area contributed by atoms with Crippen molar-refractivity contribution in [2.24, 2.45) is 0 Å². The van der Waals surface area contributed by atoms with Crippen molar-refractivity contribution in [1.82, 2.24) is 0 Å². The SMILES string of the molecule is COc1cc(-c2oc3c(O)c(O[C@@H]4O[C@@H](COC(C)=O)[C@H](O)[C@H](O)[C@@H]4O[C@@H]4O[C@@H](C)[C@H](O)[C@H](O)[C@@H]4O)cc(O)c3c(=O)c2O)ccc1O. The molecule has 0 amide bonds. The zero-order chi connectivity index (χ0) is 35.2. The lowest BCUT2D eigenvalue weighted by atomic mass is 9.97. The molecule has 2 aromatic carbocycles. The second kappa shape index (κ2) is 13.6. The fraction of sp³-hybridized carbons (Fsp3) is 0.467. The zero-order valence-corrected chi connectivity index (χ0v) is 25.5. The summed E-state index contributed by atoms with van der Waals surface area (Å²) in [6.07, 6.45) is -16.8. The van der Waals surface area contributed by atoms with Crippen LogP contribution in [0.5, 0.6) is 34.5 Å². The zero-order valence-electron chi connectivity index (χ0n) is 25.5. The third-order valence-corrected chi connectivity index (χ3v) is 7.94. The van der Waals surface area contributed by atoms with E-state index in [1.165, 1.54) is 32.2 Å². The van der Waals surface area contributed by atoms with Gasteiger partial charge in [-0.15, -0.1) is 0 Å². The summed E-state index contributed by atoms with van der Waals surface area (Å²) in [5.74, 6) is -4.95. The van der Waals surface area contributed by atoms with Crippen LogP contribution in [0.25, 0.3) is 22.3 Å². The quantitative estimate of drug-likeness (QED) is 0.101. The Bertz CT molecular complexity index is 1720. The Morgan fingerprint density at radius 2 is 1.54 bits per heavy atom. The second-order valence-corrected chi connectivity index (χ2v) is 11.2. The highest BCUT2D eigenvalue weighted by molar-refractivity contribution is 5.93. The summed E-state index contributed by atoms with van der Waals surface area (Å²) >= 11 is 0. The van der Waals surface area contributed by atoms with E-state index in [9.17, 15) is 55.5 Å². The third kappa shape index (κ3) is 6.39. The average Bonchev–Trinajstić information content (AvgIpc) is 3.05. The predicted octanol–water partition coefficient (Wildman–Crippen LogP) is -1.11. The van der Waals surface area contributed by atoms with Crippen molar-refractivity contribution in [2.45, 2.75) is 75.3 Å². The Morgan fingerprint density at radius 3 is 2.21 bits per heavy atom. The molecule has 48 heavy (non-hydrogen) atoms. The van der Waals surface area contributed by atoms with Gasteiger partial charge in [-0.05, 0) is 25.1 Å². The van der Waals surface area contributed by atoms with Crippen LogP contribution in [-0.4, -0.2) is 127 Å². The van der Waals surface area contributed by atoms with Crippen LogP contribution >= 0.6 is 0 Å². The normalized spacial score (nSPS) is 30.6. The number of phenols is 3. The van der Waals surface area contributed by atoms with Gasteiger partial charge in [-0.1, -0.05) is 0 Å². The van der Waals surface area contributed by atoms with Crippen LogP contribution in [0.1, 0.15) is 13.8 Å². The van der Waals surface area contributed by atoms with Gasteiger partial charge in [-0.25, -0.2) is 0 Å². The van der Waals surface area contributed by atoms with Crippen LogP contribution in [0, 0.1) is 0 Å². The standard InChI is InChI=1S/C30H34O18/c1-9-18(34)22(38)25(41)29(44-9)48-28-23(39)19(35)16(8-43-10(2)31)46-30(28)45-15-7-13(33)17-21(37)24(40)26(47-27(17)20(15)36)11-4-5-12(32)14(6-11)42-3/h4-7,9,16,18-19,22-23,25,28-30,32-36,38-41H,8H2,1-3H3/t9-,16-,18-,19-,22-,23-,25-,28-,29-,30+/m0/s1. The molecule has 3 heterocycles. The largest absolute Gasteiger partial charge is 0.507 e. The number of carbonyl (C=O) groups excluding carboxylic acids is 1. The van der Waals surface area contributed by atoms with Crippen LogP contribution in [0.4, 0.5) is 0 Å². The lowest BCUT2D eigenvalue weighted by Gasteiger charge is -2.45. The molecule has 9 N–H and O–H groups in total. The molecule has 0 spiro atoms. The first kappa shape index (κ1) is 34.9. The van der Waals surface area contributed by atoms with E-state index in [4.69, 9.17) is 32.8 Å². The Hall–Kier alpha value is -4.40. The van der Waals surface area contributed by atoms with Gasteiger partial charge in [0.2, 0.25) is 23.2 Å². The Balaban J connectivity index is 1.56. The van der Waals surface area contributed by atoms with Gasteiger partial charge in [-0.2, -0.15) is 0 Å². The van der Waals surface area contributed by atoms with Crippen molar-refractivity contribution in [3.05, 3.63) is 34.5 Å². The third-order valence-electron chi connectivity index (χ3n) is 7.94. The van der Waals surface area contributed by atoms with E-state index in [-0.39, 0.29) is 17.1 Å². The summed E-state index contributed by atoms with van der Waals surface area (Å²) < 4.78 is 38.2. The number of benzene rings is 2. The molecule has 5 rings (SSSR count). The average molecular weight is 683 g/mol. The monoisotopic (exact) mass is 682 g/mol. The van der Waals surface area contributed by atoms with E-state index in [0.717, 1.165) is 13.0 Å². The summed E-state index contributed by atoms with van der Waals surface area (Å²) in [5, 5.41) is 94.5. The molecule has 2 saturated heterocycles. The van der Waals surface area contributed by atoms with Gasteiger partial charge >= 0.3 is 5.97 Å². The Kier molecular flexibility index (Phi) is 9.90. The van der Waals surface area contributed by atoms with E-state index in [1.54, 1.807) is 0 Å². The molecule has 10 atom stereocenters. The molecule has 0 radical (unpaired) electrons. The second-order valence-electron chi connectivity index (χ2n) is 11.2. The van der Waals surface area contributed by atoms with Crippen LogP contribution in [0.2, 0.25) is 0 Å². The molecule has 0 bridgehead atoms. The number of esters is 1. The minimum atomic E-state index is -1.93. The molecule has 0 aliphatic carbocycles. The fourth-order valence-corrected chi connectivity index (χ4v) is 5.29. The number of ether oxygens (including phenoxy) is 6. The topological polar surface area (TPSA) is 285 Å². The molecule has 1 aromatic heterocycles. The van der Waals surface area contributed by atoms with E-state index in [0.29, 0.717) is 0 Å². The number of phenolic OH excluding ortho intramolecular Hbond substituents is 3. The number of methoxy groups -OCH3 is 1. The van der Waals surface area contributed by atoms with Gasteiger partial charge in [-0.3, -0.25) is 9.59 Å².